The number of hydrogen-bond acceptors (Lipinski definition) is 2. The Balaban J connectivity index is 2.88. The van der Waals surface area contributed by atoms with Gasteiger partial charge in [0.25, 0.3) is 0 Å². The molecule has 0 bridgehead atoms. The van der Waals surface area contributed by atoms with Crippen molar-refractivity contribution in [3.05, 3.63) is 20.3 Å². The largest absolute Gasteiger partial charge is 0.323 e. The number of aryl methyl sites for hydroxylation is 1. The van der Waals surface area contributed by atoms with Crippen LogP contribution in [0, 0.1) is 6.92 Å². The second-order valence-corrected chi connectivity index (χ2v) is 5.02. The van der Waals surface area contributed by atoms with E-state index < -0.39 is 0 Å². The number of hydrogen-bond donors (Lipinski definition) is 1. The van der Waals surface area contributed by atoms with Crippen molar-refractivity contribution in [3.8, 4) is 0 Å². The molecule has 62 valence electrons. The molecule has 11 heavy (non-hydrogen) atoms. The molecule has 0 aromatic carbocycles. The van der Waals surface area contributed by atoms with Crippen molar-refractivity contribution in [2.75, 3.05) is 0 Å². The lowest BCUT2D eigenvalue weighted by molar-refractivity contribution is 0.712. The van der Waals surface area contributed by atoms with E-state index >= 15 is 0 Å². The van der Waals surface area contributed by atoms with Gasteiger partial charge in [-0.15, -0.1) is 11.3 Å². The molecule has 0 aliphatic rings. The molecule has 0 aliphatic carbocycles. The molecule has 2 N–H and O–H groups in total. The van der Waals surface area contributed by atoms with E-state index in [1.165, 1.54) is 14.2 Å². The highest BCUT2D eigenvalue weighted by atomic mass is 79.9. The monoisotopic (exact) mass is 233 g/mol. The van der Waals surface area contributed by atoms with Crippen LogP contribution in [0.15, 0.2) is 9.85 Å². The van der Waals surface area contributed by atoms with Gasteiger partial charge in [0, 0.05) is 10.9 Å². The Labute approximate surface area is 79.7 Å². The van der Waals surface area contributed by atoms with Gasteiger partial charge in [-0.2, -0.15) is 0 Å². The highest BCUT2D eigenvalue weighted by molar-refractivity contribution is 9.11. The van der Waals surface area contributed by atoms with Crippen molar-refractivity contribution in [1.82, 2.24) is 0 Å². The predicted molar refractivity (Wildman–Crippen MR) is 54.0 cm³/mol. The smallest absolute Gasteiger partial charge is 0.0731 e. The van der Waals surface area contributed by atoms with Crippen molar-refractivity contribution in [2.24, 2.45) is 5.73 Å². The summed E-state index contributed by atoms with van der Waals surface area (Å²) in [5.74, 6) is 0. The van der Waals surface area contributed by atoms with Gasteiger partial charge in [0.2, 0.25) is 0 Å². The van der Waals surface area contributed by atoms with Gasteiger partial charge >= 0.3 is 0 Å². The van der Waals surface area contributed by atoms with E-state index in [2.05, 4.69) is 35.8 Å². The van der Waals surface area contributed by atoms with Crippen LogP contribution >= 0.6 is 27.3 Å². The van der Waals surface area contributed by atoms with Gasteiger partial charge in [0.1, 0.15) is 0 Å². The van der Waals surface area contributed by atoms with Crippen molar-refractivity contribution in [3.63, 3.8) is 0 Å². The van der Waals surface area contributed by atoms with E-state index in [1.807, 2.05) is 0 Å². The SMILES string of the molecule is CC[C@H](N)c1cc(C)c(Br)s1. The Hall–Kier alpha value is 0.140. The first-order valence-corrected chi connectivity index (χ1v) is 5.27. The third kappa shape index (κ3) is 2.04. The van der Waals surface area contributed by atoms with E-state index in [-0.39, 0.29) is 6.04 Å². The van der Waals surface area contributed by atoms with Gasteiger partial charge in [-0.25, -0.2) is 0 Å². The van der Waals surface area contributed by atoms with Crippen LogP contribution in [-0.4, -0.2) is 0 Å². The zero-order valence-corrected chi connectivity index (χ0v) is 9.13. The molecule has 0 saturated heterocycles. The quantitative estimate of drug-likeness (QED) is 0.835. The minimum absolute atomic E-state index is 0.213. The van der Waals surface area contributed by atoms with Crippen LogP contribution < -0.4 is 5.73 Å². The van der Waals surface area contributed by atoms with E-state index in [4.69, 9.17) is 5.73 Å². The number of nitrogens with two attached hydrogens (primary N) is 1. The number of thiophene rings is 1. The minimum atomic E-state index is 0.213. The summed E-state index contributed by atoms with van der Waals surface area (Å²) in [6.45, 7) is 4.19. The summed E-state index contributed by atoms with van der Waals surface area (Å²) in [6, 6.07) is 2.37. The van der Waals surface area contributed by atoms with Crippen LogP contribution in [0.4, 0.5) is 0 Å². The summed E-state index contributed by atoms with van der Waals surface area (Å²) in [5.41, 5.74) is 7.15. The number of halogens is 1. The van der Waals surface area contributed by atoms with Gasteiger partial charge in [-0.1, -0.05) is 6.92 Å². The third-order valence-corrected chi connectivity index (χ3v) is 3.95. The van der Waals surface area contributed by atoms with Gasteiger partial charge < -0.3 is 5.73 Å². The Morgan fingerprint density at radius 2 is 2.36 bits per heavy atom. The maximum atomic E-state index is 5.87. The molecule has 0 aliphatic heterocycles. The zero-order chi connectivity index (χ0) is 8.43. The summed E-state index contributed by atoms with van der Waals surface area (Å²) >= 11 is 5.22. The molecule has 1 nitrogen and oxygen atoms in total. The Kier molecular flexibility index (Phi) is 3.10. The fraction of sp³-hybridized carbons (Fsp3) is 0.500. The summed E-state index contributed by atoms with van der Waals surface area (Å²) in [7, 11) is 0. The van der Waals surface area contributed by atoms with E-state index in [1.54, 1.807) is 11.3 Å². The first-order valence-electron chi connectivity index (χ1n) is 3.66. The Bertz CT molecular complexity index is 225. The van der Waals surface area contributed by atoms with Gasteiger partial charge in [0.15, 0.2) is 0 Å². The normalized spacial score (nSPS) is 13.5. The molecule has 0 amide bonds. The standard InChI is InChI=1S/C8H12BrNS/c1-3-6(10)7-4-5(2)8(9)11-7/h4,6H,3,10H2,1-2H3/t6-/m0/s1. The summed E-state index contributed by atoms with van der Waals surface area (Å²) in [5, 5.41) is 0. The molecule has 1 aromatic rings. The van der Waals surface area contributed by atoms with E-state index in [9.17, 15) is 0 Å². The molecule has 0 saturated carbocycles. The molecule has 0 fully saturated rings. The average Bonchev–Trinajstić information content (AvgIpc) is 2.31. The minimum Gasteiger partial charge on any atom is -0.323 e. The van der Waals surface area contributed by atoms with Crippen molar-refractivity contribution in [1.29, 1.82) is 0 Å². The van der Waals surface area contributed by atoms with E-state index in [0.29, 0.717) is 0 Å². The number of rotatable bonds is 2. The third-order valence-electron chi connectivity index (χ3n) is 1.68. The lowest BCUT2D eigenvalue weighted by Crippen LogP contribution is -2.05. The van der Waals surface area contributed by atoms with Gasteiger partial charge in [-0.3, -0.25) is 0 Å². The van der Waals surface area contributed by atoms with Crippen LogP contribution in [0.3, 0.4) is 0 Å². The molecule has 0 radical (unpaired) electrons. The molecule has 1 aromatic heterocycles. The van der Waals surface area contributed by atoms with Crippen LogP contribution in [0.5, 0.6) is 0 Å². The van der Waals surface area contributed by atoms with Crippen molar-refractivity contribution in [2.45, 2.75) is 26.3 Å². The van der Waals surface area contributed by atoms with Gasteiger partial charge in [0.05, 0.1) is 3.79 Å². The van der Waals surface area contributed by atoms with Gasteiger partial charge in [-0.05, 0) is 40.9 Å². The van der Waals surface area contributed by atoms with E-state index in [0.717, 1.165) is 6.42 Å². The lowest BCUT2D eigenvalue weighted by Gasteiger charge is -2.03. The summed E-state index contributed by atoms with van der Waals surface area (Å²) in [4.78, 5) is 1.27. The van der Waals surface area contributed by atoms with Crippen LogP contribution in [0.25, 0.3) is 0 Å². The Morgan fingerprint density at radius 3 is 2.73 bits per heavy atom. The second kappa shape index (κ2) is 3.70. The molecule has 3 heteroatoms. The Morgan fingerprint density at radius 1 is 1.73 bits per heavy atom. The summed E-state index contributed by atoms with van der Waals surface area (Å²) in [6.07, 6.45) is 1.01. The fourth-order valence-corrected chi connectivity index (χ4v) is 2.52. The summed E-state index contributed by atoms with van der Waals surface area (Å²) < 4.78 is 1.20. The lowest BCUT2D eigenvalue weighted by atomic mass is 10.2. The predicted octanol–water partition coefficient (Wildman–Crippen LogP) is 3.23. The molecule has 0 spiro atoms. The molecule has 1 heterocycles. The van der Waals surface area contributed by atoms with Crippen molar-refractivity contribution < 1.29 is 0 Å². The first-order chi connectivity index (χ1) is 5.15. The molecule has 1 atom stereocenters. The second-order valence-electron chi connectivity index (χ2n) is 2.62. The zero-order valence-electron chi connectivity index (χ0n) is 6.73. The van der Waals surface area contributed by atoms with Crippen LogP contribution in [0.1, 0.15) is 29.8 Å². The molecule has 1 rings (SSSR count). The molecular weight excluding hydrogens is 222 g/mol. The molecular formula is C8H12BrNS. The van der Waals surface area contributed by atoms with Crippen LogP contribution in [0.2, 0.25) is 0 Å². The van der Waals surface area contributed by atoms with Crippen LogP contribution in [-0.2, 0) is 0 Å². The fourth-order valence-electron chi connectivity index (χ4n) is 0.867. The maximum absolute atomic E-state index is 5.87. The maximum Gasteiger partial charge on any atom is 0.0731 e. The average molecular weight is 234 g/mol. The first kappa shape index (κ1) is 9.23. The molecule has 0 unspecified atom stereocenters. The topological polar surface area (TPSA) is 26.0 Å². The van der Waals surface area contributed by atoms with Crippen molar-refractivity contribution >= 4 is 27.3 Å². The highest BCUT2D eigenvalue weighted by Gasteiger charge is 2.08. The highest BCUT2D eigenvalue weighted by Crippen LogP contribution is 2.31.